The van der Waals surface area contributed by atoms with Crippen molar-refractivity contribution in [3.63, 3.8) is 0 Å². The van der Waals surface area contributed by atoms with E-state index in [2.05, 4.69) is 13.8 Å². The summed E-state index contributed by atoms with van der Waals surface area (Å²) in [5, 5.41) is 0. The molecule has 26 heavy (non-hydrogen) atoms. The van der Waals surface area contributed by atoms with Gasteiger partial charge in [-0.1, -0.05) is 26.0 Å². The Morgan fingerprint density at radius 3 is 2.54 bits per heavy atom. The zero-order valence-electron chi connectivity index (χ0n) is 15.6. The molecule has 1 aromatic rings. The Kier molecular flexibility index (Phi) is 3.78. The van der Waals surface area contributed by atoms with E-state index in [9.17, 15) is 4.39 Å². The summed E-state index contributed by atoms with van der Waals surface area (Å²) in [7, 11) is 0. The van der Waals surface area contributed by atoms with Gasteiger partial charge < -0.3 is 9.47 Å². The van der Waals surface area contributed by atoms with Gasteiger partial charge in [0.15, 0.2) is 11.9 Å². The third-order valence-corrected chi connectivity index (χ3v) is 7.36. The van der Waals surface area contributed by atoms with Crippen LogP contribution in [-0.4, -0.2) is 17.7 Å². The lowest BCUT2D eigenvalue weighted by molar-refractivity contribution is -0.571. The van der Waals surface area contributed by atoms with Crippen molar-refractivity contribution >= 4 is 0 Å². The lowest BCUT2D eigenvalue weighted by atomic mass is 9.57. The average Bonchev–Trinajstić information content (AvgIpc) is 2.85. The maximum Gasteiger partial charge on any atom is 0.201 e. The molecule has 142 valence electrons. The molecule has 0 amide bonds. The second-order valence-electron chi connectivity index (χ2n) is 8.88. The largest absolute Gasteiger partial charge is 0.341 e. The molecule has 1 aliphatic carbocycles. The van der Waals surface area contributed by atoms with Gasteiger partial charge in [0.1, 0.15) is 5.82 Å². The van der Waals surface area contributed by atoms with Crippen LogP contribution in [0.3, 0.4) is 0 Å². The van der Waals surface area contributed by atoms with E-state index < -0.39 is 17.7 Å². The number of fused-ring (bicyclic) bond motifs is 2. The smallest absolute Gasteiger partial charge is 0.201 e. The van der Waals surface area contributed by atoms with Crippen molar-refractivity contribution in [2.45, 2.75) is 70.2 Å². The number of hydrogen-bond donors (Lipinski definition) is 0. The predicted molar refractivity (Wildman–Crippen MR) is 92.2 cm³/mol. The molecule has 5 fully saturated rings. The van der Waals surface area contributed by atoms with Crippen molar-refractivity contribution in [3.8, 4) is 0 Å². The summed E-state index contributed by atoms with van der Waals surface area (Å²) < 4.78 is 26.3. The molecule has 8 atom stereocenters. The van der Waals surface area contributed by atoms with Crippen LogP contribution in [0.5, 0.6) is 0 Å². The van der Waals surface area contributed by atoms with Crippen LogP contribution in [0.15, 0.2) is 24.3 Å². The Balaban J connectivity index is 1.57. The molecule has 0 unspecified atom stereocenters. The lowest BCUT2D eigenvalue weighted by Crippen LogP contribution is -2.69. The molecule has 4 heterocycles. The first-order valence-corrected chi connectivity index (χ1v) is 9.88. The quantitative estimate of drug-likeness (QED) is 0.676. The molecule has 5 heteroatoms. The van der Waals surface area contributed by atoms with Gasteiger partial charge in [-0.2, -0.15) is 0 Å². The Bertz CT molecular complexity index is 694. The molecule has 6 rings (SSSR count). The second kappa shape index (κ2) is 5.74. The Morgan fingerprint density at radius 2 is 1.77 bits per heavy atom. The van der Waals surface area contributed by atoms with Crippen LogP contribution in [0, 0.1) is 29.5 Å². The molecular formula is C21H27FO4. The fourth-order valence-electron chi connectivity index (χ4n) is 5.94. The van der Waals surface area contributed by atoms with Crippen LogP contribution in [0.1, 0.15) is 58.1 Å². The van der Waals surface area contributed by atoms with Gasteiger partial charge in [0.25, 0.3) is 0 Å². The molecule has 4 saturated heterocycles. The molecule has 1 saturated carbocycles. The lowest BCUT2D eigenvalue weighted by Gasteiger charge is -2.60. The van der Waals surface area contributed by atoms with E-state index in [0.717, 1.165) is 24.8 Å². The van der Waals surface area contributed by atoms with Gasteiger partial charge in [-0.3, -0.25) is 0 Å². The average molecular weight is 362 g/mol. The van der Waals surface area contributed by atoms with Crippen LogP contribution in [0.25, 0.3) is 0 Å². The first-order valence-electron chi connectivity index (χ1n) is 9.88. The van der Waals surface area contributed by atoms with E-state index in [4.69, 9.17) is 19.2 Å². The summed E-state index contributed by atoms with van der Waals surface area (Å²) in [4.78, 5) is 12.0. The van der Waals surface area contributed by atoms with E-state index in [1.165, 1.54) is 18.6 Å². The molecule has 0 aromatic heterocycles. The molecule has 0 radical (unpaired) electrons. The molecule has 4 nitrogen and oxygen atoms in total. The van der Waals surface area contributed by atoms with Crippen molar-refractivity contribution in [2.75, 3.05) is 0 Å². The molecule has 1 spiro atoms. The zero-order valence-corrected chi connectivity index (χ0v) is 15.6. The Morgan fingerprint density at radius 1 is 1.00 bits per heavy atom. The minimum Gasteiger partial charge on any atom is -0.341 e. The maximum absolute atomic E-state index is 13.4. The highest BCUT2D eigenvalue weighted by molar-refractivity contribution is 5.22. The predicted octanol–water partition coefficient (Wildman–Crippen LogP) is 4.75. The highest BCUT2D eigenvalue weighted by atomic mass is 19.1. The van der Waals surface area contributed by atoms with Gasteiger partial charge in [0.05, 0.1) is 6.10 Å². The van der Waals surface area contributed by atoms with Crippen LogP contribution in [-0.2, 0) is 19.2 Å². The standard InChI is InChI=1S/C21H27FO4/c1-12-4-9-17-13(2)18(14-5-7-15(22)8-6-14)23-19-21(17)16(12)10-11-20(3,24-19)25-26-21/h5-8,12-13,16-19H,4,9-11H2,1-3H3/t12-,13-,16+,17+,18+,19-,20+,21-/m1/s1. The van der Waals surface area contributed by atoms with Crippen LogP contribution in [0.2, 0.25) is 0 Å². The summed E-state index contributed by atoms with van der Waals surface area (Å²) in [5.41, 5.74) is 0.461. The minimum absolute atomic E-state index is 0.128. The summed E-state index contributed by atoms with van der Waals surface area (Å²) in [6.45, 7) is 6.47. The van der Waals surface area contributed by atoms with Gasteiger partial charge in [0, 0.05) is 12.3 Å². The number of hydrogen-bond acceptors (Lipinski definition) is 4. The number of ether oxygens (including phenoxy) is 2. The fourth-order valence-corrected chi connectivity index (χ4v) is 5.94. The van der Waals surface area contributed by atoms with Crippen molar-refractivity contribution < 1.29 is 23.6 Å². The number of rotatable bonds is 1. The monoisotopic (exact) mass is 362 g/mol. The van der Waals surface area contributed by atoms with Crippen molar-refractivity contribution in [2.24, 2.45) is 23.7 Å². The molecule has 4 aliphatic heterocycles. The maximum atomic E-state index is 13.4. The fraction of sp³-hybridized carbons (Fsp3) is 0.714. The second-order valence-corrected chi connectivity index (χ2v) is 8.88. The summed E-state index contributed by atoms with van der Waals surface area (Å²) in [6, 6.07) is 6.65. The van der Waals surface area contributed by atoms with Crippen molar-refractivity contribution in [1.29, 1.82) is 0 Å². The first kappa shape index (κ1) is 17.1. The Labute approximate surface area is 153 Å². The molecule has 1 aromatic carbocycles. The molecular weight excluding hydrogens is 335 g/mol. The minimum atomic E-state index is -0.758. The topological polar surface area (TPSA) is 36.9 Å². The van der Waals surface area contributed by atoms with Gasteiger partial charge in [0.2, 0.25) is 5.79 Å². The SMILES string of the molecule is C[C@H]1[C@@H](c2ccc(F)cc2)O[C@@H]2O[C@]3(C)CC[C@H]4[C@H](C)CC[C@@H]1[C@@]24OO3. The third-order valence-electron chi connectivity index (χ3n) is 7.36. The van der Waals surface area contributed by atoms with Gasteiger partial charge in [-0.05, 0) is 61.6 Å². The van der Waals surface area contributed by atoms with Gasteiger partial charge in [-0.25, -0.2) is 14.2 Å². The van der Waals surface area contributed by atoms with E-state index in [0.29, 0.717) is 17.8 Å². The van der Waals surface area contributed by atoms with E-state index >= 15 is 0 Å². The highest BCUT2D eigenvalue weighted by Gasteiger charge is 2.69. The first-order chi connectivity index (χ1) is 12.4. The summed E-state index contributed by atoms with van der Waals surface area (Å²) in [6.07, 6.45) is 3.52. The van der Waals surface area contributed by atoms with E-state index in [1.54, 1.807) is 0 Å². The molecule has 2 bridgehead atoms. The van der Waals surface area contributed by atoms with Crippen LogP contribution < -0.4 is 0 Å². The summed E-state index contributed by atoms with van der Waals surface area (Å²) >= 11 is 0. The third kappa shape index (κ3) is 2.27. The van der Waals surface area contributed by atoms with Gasteiger partial charge in [-0.15, -0.1) is 0 Å². The number of benzene rings is 1. The van der Waals surface area contributed by atoms with Crippen LogP contribution in [0.4, 0.5) is 4.39 Å². The normalized spacial score (nSPS) is 50.2. The highest BCUT2D eigenvalue weighted by Crippen LogP contribution is 2.62. The molecule has 0 N–H and O–H groups in total. The van der Waals surface area contributed by atoms with Crippen LogP contribution >= 0.6 is 0 Å². The zero-order chi connectivity index (χ0) is 18.1. The van der Waals surface area contributed by atoms with E-state index in [1.807, 2.05) is 19.1 Å². The van der Waals surface area contributed by atoms with Gasteiger partial charge >= 0.3 is 0 Å². The van der Waals surface area contributed by atoms with E-state index in [-0.39, 0.29) is 17.8 Å². The Hall–Kier alpha value is -1.01. The number of halogens is 1. The molecule has 5 aliphatic rings. The van der Waals surface area contributed by atoms with Crippen molar-refractivity contribution in [1.82, 2.24) is 0 Å². The summed E-state index contributed by atoms with van der Waals surface area (Å²) in [5.74, 6) is 0.466. The van der Waals surface area contributed by atoms with Crippen molar-refractivity contribution in [3.05, 3.63) is 35.6 Å².